The fourth-order valence-electron chi connectivity index (χ4n) is 3.72. The smallest absolute Gasteiger partial charge is 0.135 e. The standard InChI is InChI=1S/C26H18O/c1-3-11-19(12-4-1)25(20-13-5-2-6-14-20)26-21-15-7-9-17-23(21)27-24-18-10-8-16-22(24)26/h1-18H. The highest BCUT2D eigenvalue weighted by molar-refractivity contribution is 6.07. The molecule has 128 valence electrons. The van der Waals surface area contributed by atoms with Crippen LogP contribution in [0.1, 0.15) is 22.3 Å². The molecule has 0 bridgehead atoms. The van der Waals surface area contributed by atoms with Crippen LogP contribution < -0.4 is 4.74 Å². The molecule has 0 radical (unpaired) electrons. The number of para-hydroxylation sites is 2. The van der Waals surface area contributed by atoms with Gasteiger partial charge < -0.3 is 4.74 Å². The molecular weight excluding hydrogens is 328 g/mol. The van der Waals surface area contributed by atoms with Crippen molar-refractivity contribution in [2.75, 3.05) is 0 Å². The first-order chi connectivity index (χ1) is 13.4. The topological polar surface area (TPSA) is 9.23 Å². The molecule has 4 aromatic carbocycles. The van der Waals surface area contributed by atoms with Gasteiger partial charge in [-0.1, -0.05) is 97.1 Å². The average molecular weight is 346 g/mol. The van der Waals surface area contributed by atoms with Gasteiger partial charge in [0, 0.05) is 16.7 Å². The van der Waals surface area contributed by atoms with Crippen LogP contribution in [0.25, 0.3) is 11.1 Å². The Morgan fingerprint density at radius 1 is 0.444 bits per heavy atom. The lowest BCUT2D eigenvalue weighted by atomic mass is 9.84. The second kappa shape index (κ2) is 6.62. The van der Waals surface area contributed by atoms with Crippen LogP contribution in [0, 0.1) is 0 Å². The highest BCUT2D eigenvalue weighted by Gasteiger charge is 2.25. The van der Waals surface area contributed by atoms with Gasteiger partial charge in [0.1, 0.15) is 11.5 Å². The number of benzene rings is 4. The molecular formula is C26H18O. The zero-order valence-electron chi connectivity index (χ0n) is 14.8. The maximum atomic E-state index is 6.20. The van der Waals surface area contributed by atoms with Crippen molar-refractivity contribution >= 4 is 11.1 Å². The first kappa shape index (κ1) is 15.7. The molecule has 1 heterocycles. The second-order valence-corrected chi connectivity index (χ2v) is 6.58. The summed E-state index contributed by atoms with van der Waals surface area (Å²) >= 11 is 0. The van der Waals surface area contributed by atoms with E-state index < -0.39 is 0 Å². The predicted molar refractivity (Wildman–Crippen MR) is 111 cm³/mol. The first-order valence-corrected chi connectivity index (χ1v) is 9.13. The predicted octanol–water partition coefficient (Wildman–Crippen LogP) is 6.80. The summed E-state index contributed by atoms with van der Waals surface area (Å²) in [5.74, 6) is 1.80. The van der Waals surface area contributed by atoms with Gasteiger partial charge in [-0.2, -0.15) is 0 Å². The summed E-state index contributed by atoms with van der Waals surface area (Å²) in [5, 5.41) is 0. The molecule has 0 unspecified atom stereocenters. The van der Waals surface area contributed by atoms with Gasteiger partial charge in [0.05, 0.1) is 0 Å². The van der Waals surface area contributed by atoms with E-state index in [4.69, 9.17) is 4.74 Å². The second-order valence-electron chi connectivity index (χ2n) is 6.58. The van der Waals surface area contributed by atoms with Gasteiger partial charge >= 0.3 is 0 Å². The number of fused-ring (bicyclic) bond motifs is 2. The summed E-state index contributed by atoms with van der Waals surface area (Å²) in [6.07, 6.45) is 0. The van der Waals surface area contributed by atoms with E-state index >= 15 is 0 Å². The number of hydrogen-bond donors (Lipinski definition) is 0. The Balaban J connectivity index is 1.92. The van der Waals surface area contributed by atoms with E-state index in [0.29, 0.717) is 0 Å². The molecule has 4 aromatic rings. The Kier molecular flexibility index (Phi) is 3.84. The summed E-state index contributed by atoms with van der Waals surface area (Å²) in [5.41, 5.74) is 7.08. The maximum Gasteiger partial charge on any atom is 0.135 e. The van der Waals surface area contributed by atoms with Gasteiger partial charge in [0.25, 0.3) is 0 Å². The highest BCUT2D eigenvalue weighted by Crippen LogP contribution is 2.47. The van der Waals surface area contributed by atoms with E-state index in [-0.39, 0.29) is 0 Å². The highest BCUT2D eigenvalue weighted by atomic mass is 16.5. The Labute approximate surface area is 159 Å². The van der Waals surface area contributed by atoms with E-state index in [1.807, 2.05) is 24.3 Å². The zero-order chi connectivity index (χ0) is 18.1. The lowest BCUT2D eigenvalue weighted by molar-refractivity contribution is 0.474. The summed E-state index contributed by atoms with van der Waals surface area (Å²) in [6.45, 7) is 0. The van der Waals surface area contributed by atoms with Crippen molar-refractivity contribution in [3.8, 4) is 11.5 Å². The third-order valence-electron chi connectivity index (χ3n) is 4.91. The summed E-state index contributed by atoms with van der Waals surface area (Å²) in [7, 11) is 0. The molecule has 0 amide bonds. The van der Waals surface area contributed by atoms with E-state index in [0.717, 1.165) is 22.6 Å². The first-order valence-electron chi connectivity index (χ1n) is 9.13. The monoisotopic (exact) mass is 346 g/mol. The minimum absolute atomic E-state index is 0.899. The molecule has 0 saturated carbocycles. The lowest BCUT2D eigenvalue weighted by Crippen LogP contribution is -2.05. The fourth-order valence-corrected chi connectivity index (χ4v) is 3.72. The number of rotatable bonds is 2. The van der Waals surface area contributed by atoms with Gasteiger partial charge in [-0.25, -0.2) is 0 Å². The van der Waals surface area contributed by atoms with Crippen LogP contribution in [0.5, 0.6) is 11.5 Å². The van der Waals surface area contributed by atoms with E-state index in [1.54, 1.807) is 0 Å². The van der Waals surface area contributed by atoms with Crippen LogP contribution in [0.2, 0.25) is 0 Å². The van der Waals surface area contributed by atoms with Crippen molar-refractivity contribution in [1.82, 2.24) is 0 Å². The van der Waals surface area contributed by atoms with Gasteiger partial charge in [0.2, 0.25) is 0 Å². The van der Waals surface area contributed by atoms with Gasteiger partial charge in [0.15, 0.2) is 0 Å². The van der Waals surface area contributed by atoms with Crippen LogP contribution in [0.15, 0.2) is 109 Å². The average Bonchev–Trinajstić information content (AvgIpc) is 2.75. The molecule has 27 heavy (non-hydrogen) atoms. The molecule has 0 N–H and O–H groups in total. The Morgan fingerprint density at radius 2 is 0.852 bits per heavy atom. The maximum absolute atomic E-state index is 6.20. The Hall–Kier alpha value is -3.58. The number of ether oxygens (including phenoxy) is 1. The van der Waals surface area contributed by atoms with E-state index in [1.165, 1.54) is 22.3 Å². The molecule has 0 aromatic heterocycles. The van der Waals surface area contributed by atoms with Gasteiger partial charge in [-0.3, -0.25) is 0 Å². The van der Waals surface area contributed by atoms with Crippen molar-refractivity contribution < 1.29 is 4.74 Å². The summed E-state index contributed by atoms with van der Waals surface area (Å²) in [4.78, 5) is 0. The minimum atomic E-state index is 0.899. The van der Waals surface area contributed by atoms with Crippen molar-refractivity contribution in [3.63, 3.8) is 0 Å². The molecule has 0 spiro atoms. The van der Waals surface area contributed by atoms with Crippen LogP contribution >= 0.6 is 0 Å². The molecule has 0 atom stereocenters. The molecule has 1 nitrogen and oxygen atoms in total. The van der Waals surface area contributed by atoms with Crippen LogP contribution in [0.4, 0.5) is 0 Å². The van der Waals surface area contributed by atoms with E-state index in [2.05, 4.69) is 84.9 Å². The van der Waals surface area contributed by atoms with Gasteiger partial charge in [-0.05, 0) is 28.8 Å². The van der Waals surface area contributed by atoms with E-state index in [9.17, 15) is 0 Å². The largest absolute Gasteiger partial charge is 0.456 e. The molecule has 5 rings (SSSR count). The molecule has 0 saturated heterocycles. The summed E-state index contributed by atoms with van der Waals surface area (Å²) in [6, 6.07) is 37.8. The quantitative estimate of drug-likeness (QED) is 0.341. The molecule has 1 heteroatoms. The molecule has 0 fully saturated rings. The van der Waals surface area contributed by atoms with Crippen LogP contribution in [0.3, 0.4) is 0 Å². The molecule has 1 aliphatic heterocycles. The lowest BCUT2D eigenvalue weighted by Gasteiger charge is -2.26. The van der Waals surface area contributed by atoms with Crippen molar-refractivity contribution in [2.24, 2.45) is 0 Å². The molecule has 0 aliphatic carbocycles. The normalized spacial score (nSPS) is 11.9. The summed E-state index contributed by atoms with van der Waals surface area (Å²) < 4.78 is 6.20. The zero-order valence-corrected chi connectivity index (χ0v) is 14.8. The Morgan fingerprint density at radius 3 is 1.33 bits per heavy atom. The van der Waals surface area contributed by atoms with Crippen LogP contribution in [-0.4, -0.2) is 0 Å². The van der Waals surface area contributed by atoms with Crippen molar-refractivity contribution in [2.45, 2.75) is 0 Å². The minimum Gasteiger partial charge on any atom is -0.456 e. The Bertz CT molecular complexity index is 1040. The third kappa shape index (κ3) is 2.74. The third-order valence-corrected chi connectivity index (χ3v) is 4.91. The van der Waals surface area contributed by atoms with Crippen molar-refractivity contribution in [1.29, 1.82) is 0 Å². The molecule has 1 aliphatic rings. The van der Waals surface area contributed by atoms with Gasteiger partial charge in [-0.15, -0.1) is 0 Å². The fraction of sp³-hybridized carbons (Fsp3) is 0. The SMILES string of the molecule is c1ccc(C(=C2c3ccccc3Oc3ccccc32)c2ccccc2)cc1. The van der Waals surface area contributed by atoms with Crippen LogP contribution in [-0.2, 0) is 0 Å². The number of hydrogen-bond acceptors (Lipinski definition) is 1. The van der Waals surface area contributed by atoms with Crippen molar-refractivity contribution in [3.05, 3.63) is 131 Å².